The molecular formula is C12H10O3. The molecule has 2 aromatic rings. The zero-order valence-corrected chi connectivity index (χ0v) is 8.10. The smallest absolute Gasteiger partial charge is 0.306 e. The molecule has 0 amide bonds. The summed E-state index contributed by atoms with van der Waals surface area (Å²) in [6, 6.07) is 7.85. The van der Waals surface area contributed by atoms with Crippen LogP contribution in [0, 0.1) is 0 Å². The van der Waals surface area contributed by atoms with Crippen LogP contribution < -0.4 is 0 Å². The van der Waals surface area contributed by atoms with Gasteiger partial charge in [-0.3, -0.25) is 4.79 Å². The van der Waals surface area contributed by atoms with Gasteiger partial charge in [0, 0.05) is 16.9 Å². The second kappa shape index (κ2) is 3.12. The molecule has 3 nitrogen and oxygen atoms in total. The normalized spacial score (nSPS) is 20.8. The lowest BCUT2D eigenvalue weighted by molar-refractivity contribution is -0.137. The van der Waals surface area contributed by atoms with Crippen molar-refractivity contribution in [3.8, 4) is 0 Å². The topological polar surface area (TPSA) is 39.4 Å². The Morgan fingerprint density at radius 1 is 1.27 bits per heavy atom. The molecule has 1 unspecified atom stereocenters. The van der Waals surface area contributed by atoms with Crippen LogP contribution in [0.4, 0.5) is 0 Å². The summed E-state index contributed by atoms with van der Waals surface area (Å²) in [5.74, 6) is 0.0337. The van der Waals surface area contributed by atoms with Crippen molar-refractivity contribution in [1.82, 2.24) is 0 Å². The number of carbonyl (C=O) groups excluding carboxylic acids is 1. The van der Waals surface area contributed by atoms with Crippen molar-refractivity contribution in [2.24, 2.45) is 0 Å². The molecule has 3 heteroatoms. The van der Waals surface area contributed by atoms with Gasteiger partial charge in [0.1, 0.15) is 5.58 Å². The van der Waals surface area contributed by atoms with E-state index in [0.29, 0.717) is 13.0 Å². The largest absolute Gasteiger partial charge is 0.465 e. The first-order valence-electron chi connectivity index (χ1n) is 4.96. The zero-order chi connectivity index (χ0) is 10.3. The molecule has 1 aliphatic rings. The minimum Gasteiger partial charge on any atom is -0.465 e. The van der Waals surface area contributed by atoms with Crippen LogP contribution in [0.5, 0.6) is 0 Å². The summed E-state index contributed by atoms with van der Waals surface area (Å²) in [5.41, 5.74) is 1.95. The number of carbonyl (C=O) groups is 1. The van der Waals surface area contributed by atoms with Crippen molar-refractivity contribution in [3.05, 3.63) is 36.1 Å². The number of hydrogen-bond donors (Lipinski definition) is 0. The van der Waals surface area contributed by atoms with Crippen LogP contribution in [-0.4, -0.2) is 12.6 Å². The van der Waals surface area contributed by atoms with Crippen molar-refractivity contribution in [3.63, 3.8) is 0 Å². The summed E-state index contributed by atoms with van der Waals surface area (Å²) in [6.07, 6.45) is 2.20. The predicted octanol–water partition coefficient (Wildman–Crippen LogP) is 2.46. The predicted molar refractivity (Wildman–Crippen MR) is 54.5 cm³/mol. The number of para-hydroxylation sites is 1. The van der Waals surface area contributed by atoms with Gasteiger partial charge in [-0.2, -0.15) is 0 Å². The highest BCUT2D eigenvalue weighted by molar-refractivity contribution is 5.83. The third-order valence-electron chi connectivity index (χ3n) is 2.81. The maximum absolute atomic E-state index is 11.0. The van der Waals surface area contributed by atoms with Gasteiger partial charge in [-0.15, -0.1) is 0 Å². The van der Waals surface area contributed by atoms with Crippen molar-refractivity contribution in [1.29, 1.82) is 0 Å². The molecule has 0 bridgehead atoms. The van der Waals surface area contributed by atoms with E-state index in [1.165, 1.54) is 0 Å². The highest BCUT2D eigenvalue weighted by Crippen LogP contribution is 2.32. The summed E-state index contributed by atoms with van der Waals surface area (Å²) in [5, 5.41) is 1.08. The van der Waals surface area contributed by atoms with E-state index in [2.05, 4.69) is 0 Å². The Kier molecular flexibility index (Phi) is 1.78. The lowest BCUT2D eigenvalue weighted by atomic mass is 9.98. The van der Waals surface area contributed by atoms with Crippen LogP contribution in [-0.2, 0) is 9.53 Å². The molecule has 1 aromatic heterocycles. The SMILES string of the molecule is O=C1CC(c2coc3ccccc23)CO1. The van der Waals surface area contributed by atoms with E-state index in [4.69, 9.17) is 9.15 Å². The minimum absolute atomic E-state index is 0.120. The summed E-state index contributed by atoms with van der Waals surface area (Å²) in [6.45, 7) is 0.475. The van der Waals surface area contributed by atoms with Crippen molar-refractivity contribution in [2.75, 3.05) is 6.61 Å². The molecule has 0 spiro atoms. The first-order chi connectivity index (χ1) is 7.34. The third-order valence-corrected chi connectivity index (χ3v) is 2.81. The Morgan fingerprint density at radius 3 is 2.93 bits per heavy atom. The van der Waals surface area contributed by atoms with Gasteiger partial charge in [-0.05, 0) is 6.07 Å². The fourth-order valence-corrected chi connectivity index (χ4v) is 2.03. The van der Waals surface area contributed by atoms with Gasteiger partial charge in [-0.1, -0.05) is 18.2 Å². The Hall–Kier alpha value is -1.77. The third kappa shape index (κ3) is 1.31. The highest BCUT2D eigenvalue weighted by Gasteiger charge is 2.27. The van der Waals surface area contributed by atoms with Crippen LogP contribution in [0.2, 0.25) is 0 Å². The number of hydrogen-bond acceptors (Lipinski definition) is 3. The number of benzene rings is 1. The van der Waals surface area contributed by atoms with Gasteiger partial charge in [0.2, 0.25) is 0 Å². The quantitative estimate of drug-likeness (QED) is 0.667. The Morgan fingerprint density at radius 2 is 2.13 bits per heavy atom. The monoisotopic (exact) mass is 202 g/mol. The molecule has 0 saturated carbocycles. The molecule has 0 aliphatic carbocycles. The number of ether oxygens (including phenoxy) is 1. The lowest BCUT2D eigenvalue weighted by Crippen LogP contribution is -1.95. The average Bonchev–Trinajstić information content (AvgIpc) is 2.83. The standard InChI is InChI=1S/C12H10O3/c13-12-5-8(6-15-12)10-7-14-11-4-2-1-3-9(10)11/h1-4,7-8H,5-6H2. The summed E-state index contributed by atoms with van der Waals surface area (Å²) >= 11 is 0. The number of fused-ring (bicyclic) bond motifs is 1. The van der Waals surface area contributed by atoms with Crippen LogP contribution >= 0.6 is 0 Å². The first-order valence-corrected chi connectivity index (χ1v) is 4.96. The molecule has 0 N–H and O–H groups in total. The molecule has 1 atom stereocenters. The highest BCUT2D eigenvalue weighted by atomic mass is 16.5. The Balaban J connectivity index is 2.07. The molecule has 0 radical (unpaired) electrons. The van der Waals surface area contributed by atoms with E-state index in [-0.39, 0.29) is 11.9 Å². The van der Waals surface area contributed by atoms with Crippen molar-refractivity contribution < 1.29 is 13.9 Å². The Labute approximate surface area is 86.6 Å². The van der Waals surface area contributed by atoms with Crippen LogP contribution in [0.15, 0.2) is 34.9 Å². The van der Waals surface area contributed by atoms with E-state index in [1.807, 2.05) is 24.3 Å². The summed E-state index contributed by atoms with van der Waals surface area (Å²) in [4.78, 5) is 11.0. The molecule has 1 fully saturated rings. The van der Waals surface area contributed by atoms with E-state index in [9.17, 15) is 4.79 Å². The van der Waals surface area contributed by atoms with Crippen LogP contribution in [0.25, 0.3) is 11.0 Å². The first kappa shape index (κ1) is 8.53. The molecule has 15 heavy (non-hydrogen) atoms. The van der Waals surface area contributed by atoms with Crippen LogP contribution in [0.1, 0.15) is 17.9 Å². The second-order valence-corrected chi connectivity index (χ2v) is 3.77. The summed E-state index contributed by atoms with van der Waals surface area (Å²) in [7, 11) is 0. The van der Waals surface area contributed by atoms with Gasteiger partial charge in [0.15, 0.2) is 0 Å². The lowest BCUT2D eigenvalue weighted by Gasteiger charge is -2.01. The van der Waals surface area contributed by atoms with Crippen LogP contribution in [0.3, 0.4) is 0 Å². The maximum atomic E-state index is 11.0. The van der Waals surface area contributed by atoms with E-state index in [0.717, 1.165) is 16.5 Å². The maximum Gasteiger partial charge on any atom is 0.306 e. The van der Waals surface area contributed by atoms with Gasteiger partial charge in [0.05, 0.1) is 19.3 Å². The molecule has 1 saturated heterocycles. The Bertz CT molecular complexity index is 512. The minimum atomic E-state index is -0.120. The second-order valence-electron chi connectivity index (χ2n) is 3.77. The molecule has 2 heterocycles. The number of rotatable bonds is 1. The van der Waals surface area contributed by atoms with Gasteiger partial charge in [0.25, 0.3) is 0 Å². The molecular weight excluding hydrogens is 192 g/mol. The molecule has 1 aromatic carbocycles. The average molecular weight is 202 g/mol. The van der Waals surface area contributed by atoms with E-state index < -0.39 is 0 Å². The summed E-state index contributed by atoms with van der Waals surface area (Å²) < 4.78 is 10.4. The molecule has 3 rings (SSSR count). The molecule has 1 aliphatic heterocycles. The van der Waals surface area contributed by atoms with Crippen molar-refractivity contribution >= 4 is 16.9 Å². The fraction of sp³-hybridized carbons (Fsp3) is 0.250. The number of cyclic esters (lactones) is 1. The fourth-order valence-electron chi connectivity index (χ4n) is 2.03. The number of esters is 1. The van der Waals surface area contributed by atoms with E-state index in [1.54, 1.807) is 6.26 Å². The van der Waals surface area contributed by atoms with Crippen molar-refractivity contribution in [2.45, 2.75) is 12.3 Å². The number of furan rings is 1. The zero-order valence-electron chi connectivity index (χ0n) is 8.10. The molecule has 76 valence electrons. The van der Waals surface area contributed by atoms with Gasteiger partial charge < -0.3 is 9.15 Å². The van der Waals surface area contributed by atoms with E-state index >= 15 is 0 Å². The van der Waals surface area contributed by atoms with Gasteiger partial charge >= 0.3 is 5.97 Å². The van der Waals surface area contributed by atoms with Gasteiger partial charge in [-0.25, -0.2) is 0 Å².